The van der Waals surface area contributed by atoms with Crippen molar-refractivity contribution in [3.8, 4) is 34.3 Å². The summed E-state index contributed by atoms with van der Waals surface area (Å²) >= 11 is 0. The van der Waals surface area contributed by atoms with Crippen molar-refractivity contribution < 1.29 is 0 Å². The second-order valence-electron chi connectivity index (χ2n) is 13.9. The van der Waals surface area contributed by atoms with Gasteiger partial charge in [0.2, 0.25) is 0 Å². The molecule has 3 aromatic heterocycles. The molecule has 11 aromatic rings. The molecule has 0 spiro atoms. The Kier molecular flexibility index (Phi) is 6.61. The van der Waals surface area contributed by atoms with Gasteiger partial charge in [0.1, 0.15) is 6.07 Å². The zero-order valence-corrected chi connectivity index (χ0v) is 29.5. The number of para-hydroxylation sites is 4. The first-order valence-corrected chi connectivity index (χ1v) is 18.3. The van der Waals surface area contributed by atoms with Crippen molar-refractivity contribution in [3.05, 3.63) is 193 Å². The highest BCUT2D eigenvalue weighted by atomic mass is 15.0. The van der Waals surface area contributed by atoms with Gasteiger partial charge < -0.3 is 13.7 Å². The molecule has 254 valence electrons. The van der Waals surface area contributed by atoms with Gasteiger partial charge in [0.05, 0.1) is 45.4 Å². The van der Waals surface area contributed by atoms with Gasteiger partial charge in [-0.2, -0.15) is 5.26 Å². The van der Waals surface area contributed by atoms with E-state index in [9.17, 15) is 5.26 Å². The van der Waals surface area contributed by atoms with Crippen LogP contribution in [0.3, 0.4) is 0 Å². The predicted octanol–water partition coefficient (Wildman–Crippen LogP) is 13.1. The van der Waals surface area contributed by atoms with Crippen LogP contribution >= 0.6 is 0 Å². The van der Waals surface area contributed by atoms with Crippen molar-refractivity contribution in [3.63, 3.8) is 0 Å². The highest BCUT2D eigenvalue weighted by Gasteiger charge is 2.20. The molecule has 0 saturated heterocycles. The summed E-state index contributed by atoms with van der Waals surface area (Å²) in [5.41, 5.74) is 12.4. The van der Waals surface area contributed by atoms with Crippen molar-refractivity contribution in [2.24, 2.45) is 0 Å². The van der Waals surface area contributed by atoms with Gasteiger partial charge in [-0.3, -0.25) is 0 Å². The third-order valence-electron chi connectivity index (χ3n) is 11.1. The van der Waals surface area contributed by atoms with E-state index in [-0.39, 0.29) is 0 Å². The molecule has 0 unspecified atom stereocenters. The molecule has 0 aliphatic carbocycles. The molecule has 5 nitrogen and oxygen atoms in total. The molecule has 0 atom stereocenters. The second kappa shape index (κ2) is 11.8. The molecule has 0 aliphatic heterocycles. The van der Waals surface area contributed by atoms with Crippen LogP contribution in [-0.2, 0) is 0 Å². The number of hydrogen-bond acceptors (Lipinski definition) is 1. The first-order chi connectivity index (χ1) is 27.2. The maximum atomic E-state index is 10.8. The molecule has 0 radical (unpaired) electrons. The average molecular weight is 700 g/mol. The number of hydrogen-bond donors (Lipinski definition) is 0. The first kappa shape index (κ1) is 30.7. The van der Waals surface area contributed by atoms with E-state index in [0.29, 0.717) is 11.3 Å². The van der Waals surface area contributed by atoms with E-state index < -0.39 is 0 Å². The highest BCUT2D eigenvalue weighted by Crippen LogP contribution is 2.41. The smallest absolute Gasteiger partial charge is 0.197 e. The van der Waals surface area contributed by atoms with Gasteiger partial charge >= 0.3 is 0 Å². The third kappa shape index (κ3) is 4.39. The van der Waals surface area contributed by atoms with Crippen molar-refractivity contribution in [1.29, 1.82) is 5.26 Å². The van der Waals surface area contributed by atoms with Crippen LogP contribution in [0.4, 0.5) is 5.69 Å². The van der Waals surface area contributed by atoms with Gasteiger partial charge in [-0.15, -0.1) is 0 Å². The zero-order chi connectivity index (χ0) is 36.6. The molecule has 0 amide bonds. The van der Waals surface area contributed by atoms with Crippen LogP contribution in [0.25, 0.3) is 98.5 Å². The van der Waals surface area contributed by atoms with Crippen molar-refractivity contribution >= 4 is 71.1 Å². The topological polar surface area (TPSA) is 42.9 Å². The Morgan fingerprint density at radius 1 is 0.436 bits per heavy atom. The minimum Gasteiger partial charge on any atom is -0.309 e. The Balaban J connectivity index is 1.08. The Bertz CT molecular complexity index is 3400. The largest absolute Gasteiger partial charge is 0.309 e. The molecule has 0 saturated carbocycles. The van der Waals surface area contributed by atoms with Crippen molar-refractivity contribution in [1.82, 2.24) is 13.7 Å². The lowest BCUT2D eigenvalue weighted by Crippen LogP contribution is -2.00. The lowest BCUT2D eigenvalue weighted by Gasteiger charge is -2.15. The summed E-state index contributed by atoms with van der Waals surface area (Å²) in [6.45, 7) is 7.86. The number of rotatable bonds is 4. The van der Waals surface area contributed by atoms with Crippen LogP contribution in [-0.4, -0.2) is 13.7 Å². The maximum Gasteiger partial charge on any atom is 0.197 e. The Labute approximate surface area is 316 Å². The van der Waals surface area contributed by atoms with Gasteiger partial charge in [0.25, 0.3) is 0 Å². The van der Waals surface area contributed by atoms with Gasteiger partial charge in [-0.25, -0.2) is 4.85 Å². The number of fused-ring (bicyclic) bond motifs is 9. The van der Waals surface area contributed by atoms with Crippen molar-refractivity contribution in [2.45, 2.75) is 0 Å². The highest BCUT2D eigenvalue weighted by molar-refractivity contribution is 6.16. The molecule has 5 heteroatoms. The molecule has 0 bridgehead atoms. The van der Waals surface area contributed by atoms with Crippen LogP contribution in [0.5, 0.6) is 0 Å². The van der Waals surface area contributed by atoms with E-state index in [1.165, 1.54) is 32.6 Å². The summed E-state index contributed by atoms with van der Waals surface area (Å²) in [5, 5.41) is 17.5. The minimum absolute atomic E-state index is 0.582. The van der Waals surface area contributed by atoms with Crippen LogP contribution in [0, 0.1) is 17.9 Å². The quantitative estimate of drug-likeness (QED) is 0.169. The van der Waals surface area contributed by atoms with Crippen LogP contribution in [0.1, 0.15) is 5.56 Å². The minimum atomic E-state index is 0.582. The molecule has 0 aliphatic rings. The van der Waals surface area contributed by atoms with E-state index in [1.807, 2.05) is 48.5 Å². The number of aromatic nitrogens is 3. The molecular formula is C50H29N5. The first-order valence-electron chi connectivity index (χ1n) is 18.3. The van der Waals surface area contributed by atoms with E-state index in [1.54, 1.807) is 0 Å². The average Bonchev–Trinajstić information content (AvgIpc) is 3.89. The normalized spacial score (nSPS) is 11.6. The van der Waals surface area contributed by atoms with Gasteiger partial charge in [0.15, 0.2) is 5.69 Å². The fourth-order valence-electron chi connectivity index (χ4n) is 8.80. The van der Waals surface area contributed by atoms with Crippen LogP contribution < -0.4 is 0 Å². The van der Waals surface area contributed by atoms with E-state index >= 15 is 0 Å². The maximum absolute atomic E-state index is 10.8. The van der Waals surface area contributed by atoms with E-state index in [0.717, 1.165) is 61.0 Å². The molecule has 3 heterocycles. The Hall–Kier alpha value is -7.86. The predicted molar refractivity (Wildman–Crippen MR) is 226 cm³/mol. The summed E-state index contributed by atoms with van der Waals surface area (Å²) in [6, 6.07) is 63.7. The fraction of sp³-hybridized carbons (Fsp3) is 0. The molecule has 11 rings (SSSR count). The van der Waals surface area contributed by atoms with Gasteiger partial charge in [0, 0.05) is 49.4 Å². The molecule has 0 N–H and O–H groups in total. The van der Waals surface area contributed by atoms with Crippen LogP contribution in [0.15, 0.2) is 176 Å². The summed E-state index contributed by atoms with van der Waals surface area (Å²) in [5.74, 6) is 0. The lowest BCUT2D eigenvalue weighted by atomic mass is 9.98. The number of benzene rings is 8. The second-order valence-corrected chi connectivity index (χ2v) is 13.9. The summed E-state index contributed by atoms with van der Waals surface area (Å²) < 4.78 is 6.84. The molecule has 8 aromatic carbocycles. The Morgan fingerprint density at radius 3 is 1.56 bits per heavy atom. The number of nitrogens with zero attached hydrogens (tertiary/aromatic N) is 5. The van der Waals surface area contributed by atoms with Crippen LogP contribution in [0.2, 0.25) is 0 Å². The van der Waals surface area contributed by atoms with Gasteiger partial charge in [-0.1, -0.05) is 115 Å². The van der Waals surface area contributed by atoms with E-state index in [2.05, 4.69) is 152 Å². The molecule has 0 fully saturated rings. The monoisotopic (exact) mass is 699 g/mol. The van der Waals surface area contributed by atoms with E-state index in [4.69, 9.17) is 6.57 Å². The molecule has 55 heavy (non-hydrogen) atoms. The standard InChI is InChI=1S/C50H29N5/c1-52-42-17-11-23-48-50(42)40-15-5-9-21-46(40)55(48)47-22-10-16-35(41(47)31-51)32-24-26-33(27-25-32)53-43-18-6-4-14-38(43)39-29-28-34(30-49(39)53)54-44-19-7-2-12-36(44)37-13-3-8-20-45(37)54/h2-30H. The van der Waals surface area contributed by atoms with Crippen molar-refractivity contribution in [2.75, 3.05) is 0 Å². The van der Waals surface area contributed by atoms with Gasteiger partial charge in [-0.05, 0) is 71.6 Å². The summed E-state index contributed by atoms with van der Waals surface area (Å²) in [6.07, 6.45) is 0. The SMILES string of the molecule is [C-]#[N+]c1cccc2c1c1ccccc1n2-c1cccc(-c2ccc(-n3c4ccccc4c4ccc(-n5c6ccccc6c6ccccc65)cc43)cc2)c1C#N. The third-order valence-corrected chi connectivity index (χ3v) is 11.1. The Morgan fingerprint density at radius 2 is 0.945 bits per heavy atom. The zero-order valence-electron chi connectivity index (χ0n) is 29.5. The fourth-order valence-corrected chi connectivity index (χ4v) is 8.80. The summed E-state index contributed by atoms with van der Waals surface area (Å²) in [7, 11) is 0. The lowest BCUT2D eigenvalue weighted by molar-refractivity contribution is 1.15. The number of nitriles is 1. The molecular weight excluding hydrogens is 671 g/mol. The summed E-state index contributed by atoms with van der Waals surface area (Å²) in [4.78, 5) is 3.84.